The molecule has 0 unspecified atom stereocenters. The normalized spacial score (nSPS) is 12.2. The van der Waals surface area contributed by atoms with Crippen molar-refractivity contribution in [3.05, 3.63) is 63.9 Å². The first-order chi connectivity index (χ1) is 14.0. The highest BCUT2D eigenvalue weighted by Gasteiger charge is 2.38. The summed E-state index contributed by atoms with van der Waals surface area (Å²) in [6, 6.07) is 8.57. The molecular formula is C19H11F6N3OS. The Morgan fingerprint density at radius 2 is 1.73 bits per heavy atom. The second-order valence-electron chi connectivity index (χ2n) is 6.04. The van der Waals surface area contributed by atoms with E-state index in [0.717, 1.165) is 11.8 Å². The first-order valence-electron chi connectivity index (χ1n) is 8.34. The number of para-hydroxylation sites is 1. The lowest BCUT2D eigenvalue weighted by Crippen LogP contribution is -2.25. The summed E-state index contributed by atoms with van der Waals surface area (Å²) in [4.78, 5) is 17.2. The Labute approximate surface area is 169 Å². The summed E-state index contributed by atoms with van der Waals surface area (Å²) in [7, 11) is 0. The fraction of sp³-hybridized carbons (Fsp3) is 0.211. The molecule has 0 aliphatic carbocycles. The van der Waals surface area contributed by atoms with Crippen molar-refractivity contribution in [1.82, 2.24) is 9.55 Å². The quantitative estimate of drug-likeness (QED) is 0.234. The van der Waals surface area contributed by atoms with Gasteiger partial charge in [0.25, 0.3) is 5.56 Å². The van der Waals surface area contributed by atoms with Gasteiger partial charge < -0.3 is 0 Å². The largest absolute Gasteiger partial charge is 0.418 e. The smallest absolute Gasteiger partial charge is 0.268 e. The molecule has 0 saturated heterocycles. The van der Waals surface area contributed by atoms with Gasteiger partial charge in [0.1, 0.15) is 0 Å². The van der Waals surface area contributed by atoms with Crippen LogP contribution in [0.5, 0.6) is 0 Å². The van der Waals surface area contributed by atoms with E-state index in [1.165, 1.54) is 18.2 Å². The Morgan fingerprint density at radius 1 is 1.03 bits per heavy atom. The zero-order valence-electron chi connectivity index (χ0n) is 14.9. The first kappa shape index (κ1) is 21.7. The fourth-order valence-corrected chi connectivity index (χ4v) is 3.59. The molecule has 3 aromatic rings. The summed E-state index contributed by atoms with van der Waals surface area (Å²) in [5.41, 5.74) is -4.47. The van der Waals surface area contributed by atoms with Crippen LogP contribution in [0.15, 0.2) is 52.4 Å². The van der Waals surface area contributed by atoms with E-state index in [9.17, 15) is 31.1 Å². The number of alkyl halides is 6. The number of thioether (sulfide) groups is 1. The van der Waals surface area contributed by atoms with E-state index in [0.29, 0.717) is 16.7 Å². The van der Waals surface area contributed by atoms with Crippen LogP contribution < -0.4 is 5.56 Å². The number of hydrogen-bond donors (Lipinski definition) is 0. The molecule has 0 fully saturated rings. The lowest BCUT2D eigenvalue weighted by Gasteiger charge is -2.19. The van der Waals surface area contributed by atoms with Crippen LogP contribution in [0.3, 0.4) is 0 Å². The molecule has 156 valence electrons. The van der Waals surface area contributed by atoms with E-state index in [-0.39, 0.29) is 34.3 Å². The topological polar surface area (TPSA) is 58.7 Å². The van der Waals surface area contributed by atoms with Crippen molar-refractivity contribution in [1.29, 1.82) is 5.26 Å². The van der Waals surface area contributed by atoms with Crippen LogP contribution in [0.4, 0.5) is 26.3 Å². The summed E-state index contributed by atoms with van der Waals surface area (Å²) in [5, 5.41) is 8.42. The van der Waals surface area contributed by atoms with Crippen LogP contribution >= 0.6 is 11.8 Å². The number of fused-ring (bicyclic) bond motifs is 1. The maximum absolute atomic E-state index is 13.6. The Bertz CT molecular complexity index is 1190. The molecular weight excluding hydrogens is 432 g/mol. The van der Waals surface area contributed by atoms with Gasteiger partial charge in [-0.25, -0.2) is 4.98 Å². The molecule has 0 bridgehead atoms. The Kier molecular flexibility index (Phi) is 5.81. The van der Waals surface area contributed by atoms with E-state index >= 15 is 0 Å². The van der Waals surface area contributed by atoms with Crippen molar-refractivity contribution >= 4 is 22.7 Å². The highest BCUT2D eigenvalue weighted by Crippen LogP contribution is 2.38. The number of nitriles is 1. The van der Waals surface area contributed by atoms with E-state index in [1.54, 1.807) is 6.07 Å². The second-order valence-corrected chi connectivity index (χ2v) is 7.10. The van der Waals surface area contributed by atoms with E-state index in [2.05, 4.69) is 4.98 Å². The monoisotopic (exact) mass is 443 g/mol. The molecule has 0 radical (unpaired) electrons. The van der Waals surface area contributed by atoms with Gasteiger partial charge in [-0.15, -0.1) is 0 Å². The van der Waals surface area contributed by atoms with Crippen LogP contribution in [0.2, 0.25) is 0 Å². The zero-order chi connectivity index (χ0) is 22.1. The highest BCUT2D eigenvalue weighted by atomic mass is 32.2. The molecule has 2 aromatic carbocycles. The fourth-order valence-electron chi connectivity index (χ4n) is 2.74. The highest BCUT2D eigenvalue weighted by molar-refractivity contribution is 7.99. The van der Waals surface area contributed by atoms with Gasteiger partial charge in [0.15, 0.2) is 5.16 Å². The van der Waals surface area contributed by atoms with Crippen molar-refractivity contribution in [2.75, 3.05) is 5.75 Å². The third kappa shape index (κ3) is 4.28. The molecule has 30 heavy (non-hydrogen) atoms. The number of hydrogen-bond acceptors (Lipinski definition) is 4. The van der Waals surface area contributed by atoms with Gasteiger partial charge in [0, 0.05) is 12.2 Å². The molecule has 0 spiro atoms. The lowest BCUT2D eigenvalue weighted by atomic mass is 10.1. The molecule has 0 saturated carbocycles. The summed E-state index contributed by atoms with van der Waals surface area (Å²) >= 11 is 0.809. The predicted octanol–water partition coefficient (Wildman–Crippen LogP) is 5.43. The molecule has 0 N–H and O–H groups in total. The number of aromatic nitrogens is 2. The molecule has 11 heteroatoms. The van der Waals surface area contributed by atoms with Gasteiger partial charge in [-0.1, -0.05) is 23.9 Å². The Hall–Kier alpha value is -3.00. The minimum atomic E-state index is -5.01. The molecule has 0 aliphatic rings. The van der Waals surface area contributed by atoms with Crippen molar-refractivity contribution in [3.63, 3.8) is 0 Å². The lowest BCUT2D eigenvalue weighted by molar-refractivity contribution is -0.141. The molecule has 4 nitrogen and oxygen atoms in total. The number of halogens is 6. The van der Waals surface area contributed by atoms with Gasteiger partial charge in [-0.05, 0) is 30.3 Å². The summed E-state index contributed by atoms with van der Waals surface area (Å²) in [5.74, 6) is 0.0849. The Morgan fingerprint density at radius 3 is 2.37 bits per heavy atom. The van der Waals surface area contributed by atoms with Gasteiger partial charge in [0.2, 0.25) is 0 Å². The van der Waals surface area contributed by atoms with E-state index in [4.69, 9.17) is 5.26 Å². The minimum absolute atomic E-state index is 0.00207. The van der Waals surface area contributed by atoms with Crippen LogP contribution in [-0.2, 0) is 12.4 Å². The number of nitrogens with zero attached hydrogens (tertiary/aromatic N) is 3. The number of benzene rings is 2. The average molecular weight is 443 g/mol. The molecule has 0 amide bonds. The Balaban J connectivity index is 2.39. The zero-order valence-corrected chi connectivity index (χ0v) is 15.7. The van der Waals surface area contributed by atoms with E-state index < -0.39 is 34.7 Å². The maximum Gasteiger partial charge on any atom is 0.418 e. The predicted molar refractivity (Wildman–Crippen MR) is 98.3 cm³/mol. The third-order valence-electron chi connectivity index (χ3n) is 4.06. The van der Waals surface area contributed by atoms with Gasteiger partial charge >= 0.3 is 12.4 Å². The summed E-state index contributed by atoms with van der Waals surface area (Å²) in [6.45, 7) is 0. The van der Waals surface area contributed by atoms with Crippen LogP contribution in [-0.4, -0.2) is 15.3 Å². The standard InChI is InChI=1S/C19H11F6N3OS/c20-18(21,22)11-6-7-13(19(23,24)25)15(10-11)28-16(29)12-4-1-2-5-14(12)27-17(28)30-9-3-8-26/h1-2,4-7,10H,3,9H2. The van der Waals surface area contributed by atoms with Crippen molar-refractivity contribution in [2.24, 2.45) is 0 Å². The van der Waals surface area contributed by atoms with Crippen molar-refractivity contribution in [3.8, 4) is 11.8 Å². The second kappa shape index (κ2) is 8.02. The molecule has 1 aromatic heterocycles. The number of rotatable bonds is 4. The molecule has 1 heterocycles. The van der Waals surface area contributed by atoms with Gasteiger partial charge in [-0.3, -0.25) is 9.36 Å². The van der Waals surface area contributed by atoms with Gasteiger partial charge in [-0.2, -0.15) is 31.6 Å². The molecule has 0 aliphatic heterocycles. The molecule has 3 rings (SSSR count). The summed E-state index contributed by atoms with van der Waals surface area (Å²) < 4.78 is 80.8. The maximum atomic E-state index is 13.6. The third-order valence-corrected chi connectivity index (χ3v) is 5.00. The van der Waals surface area contributed by atoms with E-state index in [1.807, 2.05) is 6.07 Å². The van der Waals surface area contributed by atoms with Crippen LogP contribution in [0, 0.1) is 11.3 Å². The van der Waals surface area contributed by atoms with Crippen molar-refractivity contribution < 1.29 is 26.3 Å². The molecule has 0 atom stereocenters. The minimum Gasteiger partial charge on any atom is -0.268 e. The average Bonchev–Trinajstić information content (AvgIpc) is 2.66. The first-order valence-corrected chi connectivity index (χ1v) is 9.33. The van der Waals surface area contributed by atoms with Crippen LogP contribution in [0.25, 0.3) is 16.6 Å². The van der Waals surface area contributed by atoms with Crippen molar-refractivity contribution in [2.45, 2.75) is 23.9 Å². The van der Waals surface area contributed by atoms with Gasteiger partial charge in [0.05, 0.1) is 33.8 Å². The SMILES string of the molecule is N#CCCSc1nc2ccccc2c(=O)n1-c1cc(C(F)(F)F)ccc1C(F)(F)F. The van der Waals surface area contributed by atoms with Crippen LogP contribution in [0.1, 0.15) is 17.5 Å². The summed E-state index contributed by atoms with van der Waals surface area (Å²) in [6.07, 6.45) is -9.93.